The number of aliphatic hydroxyl groups excluding tert-OH is 1. The third-order valence-corrected chi connectivity index (χ3v) is 6.04. The van der Waals surface area contributed by atoms with Crippen molar-refractivity contribution in [3.05, 3.63) is 24.3 Å². The van der Waals surface area contributed by atoms with Gasteiger partial charge in [0.1, 0.15) is 12.4 Å². The van der Waals surface area contributed by atoms with Gasteiger partial charge in [0, 0.05) is 19.7 Å². The molecule has 1 N–H and O–H groups in total. The molecule has 3 aliphatic rings. The third kappa shape index (κ3) is 2.92. The van der Waals surface area contributed by atoms with Crippen LogP contribution in [0.15, 0.2) is 24.3 Å². The molecule has 1 aromatic carbocycles. The van der Waals surface area contributed by atoms with Gasteiger partial charge in [0.25, 0.3) is 0 Å². The van der Waals surface area contributed by atoms with Crippen LogP contribution in [0.3, 0.4) is 0 Å². The van der Waals surface area contributed by atoms with Gasteiger partial charge >= 0.3 is 0 Å². The van der Waals surface area contributed by atoms with Crippen molar-refractivity contribution in [3.8, 4) is 5.75 Å². The Balaban J connectivity index is 1.50. The summed E-state index contributed by atoms with van der Waals surface area (Å²) in [6.45, 7) is 2.29. The smallest absolute Gasteiger partial charge is 0.241 e. The summed E-state index contributed by atoms with van der Waals surface area (Å²) in [6.07, 6.45) is 2.95. The minimum Gasteiger partial charge on any atom is -0.490 e. The Morgan fingerprint density at radius 3 is 3.04 bits per heavy atom. The minimum atomic E-state index is -0.298. The Morgan fingerprint density at radius 2 is 2.20 bits per heavy atom. The average Bonchev–Trinajstić information content (AvgIpc) is 2.99. The lowest BCUT2D eigenvalue weighted by atomic mass is 9.79. The summed E-state index contributed by atoms with van der Waals surface area (Å²) < 4.78 is 11.5. The van der Waals surface area contributed by atoms with E-state index in [1.807, 2.05) is 29.2 Å². The van der Waals surface area contributed by atoms with E-state index in [0.717, 1.165) is 37.2 Å². The van der Waals surface area contributed by atoms with E-state index in [2.05, 4.69) is 4.90 Å². The van der Waals surface area contributed by atoms with Gasteiger partial charge in [-0.2, -0.15) is 0 Å². The van der Waals surface area contributed by atoms with Crippen LogP contribution in [0.4, 0.5) is 5.69 Å². The number of methoxy groups -OCH3 is 1. The van der Waals surface area contributed by atoms with Gasteiger partial charge in [-0.25, -0.2) is 0 Å². The van der Waals surface area contributed by atoms with Crippen molar-refractivity contribution in [2.75, 3.05) is 38.3 Å². The fraction of sp³-hybridized carbons (Fsp3) is 0.632. The van der Waals surface area contributed by atoms with Crippen LogP contribution in [0.2, 0.25) is 0 Å². The first-order valence-corrected chi connectivity index (χ1v) is 9.12. The zero-order valence-corrected chi connectivity index (χ0v) is 14.7. The van der Waals surface area contributed by atoms with Crippen LogP contribution in [0.5, 0.6) is 5.75 Å². The summed E-state index contributed by atoms with van der Waals surface area (Å²) in [5, 5.41) is 10.1. The number of rotatable bonds is 3. The van der Waals surface area contributed by atoms with Crippen molar-refractivity contribution < 1.29 is 19.4 Å². The molecule has 4 rings (SSSR count). The van der Waals surface area contributed by atoms with Gasteiger partial charge in [0.15, 0.2) is 0 Å². The predicted octanol–water partition coefficient (Wildman–Crippen LogP) is 1.42. The maximum absolute atomic E-state index is 13.0. The lowest BCUT2D eigenvalue weighted by molar-refractivity contribution is -0.123. The maximum Gasteiger partial charge on any atom is 0.241 e. The van der Waals surface area contributed by atoms with Crippen molar-refractivity contribution in [2.24, 2.45) is 0 Å². The van der Waals surface area contributed by atoms with Gasteiger partial charge < -0.3 is 19.5 Å². The van der Waals surface area contributed by atoms with Gasteiger partial charge in [-0.1, -0.05) is 12.1 Å². The van der Waals surface area contributed by atoms with E-state index in [1.54, 1.807) is 7.11 Å². The number of ether oxygens (including phenoxy) is 2. The number of carbonyl (C=O) groups is 1. The van der Waals surface area contributed by atoms with Gasteiger partial charge in [0.05, 0.1) is 30.5 Å². The quantitative estimate of drug-likeness (QED) is 0.897. The zero-order chi connectivity index (χ0) is 17.4. The van der Waals surface area contributed by atoms with Gasteiger partial charge in [-0.05, 0) is 37.8 Å². The highest BCUT2D eigenvalue weighted by Gasteiger charge is 2.51. The van der Waals surface area contributed by atoms with Gasteiger partial charge in [0.2, 0.25) is 5.91 Å². The molecule has 0 spiro atoms. The molecule has 1 amide bonds. The molecule has 6 heteroatoms. The van der Waals surface area contributed by atoms with Gasteiger partial charge in [-0.15, -0.1) is 0 Å². The first kappa shape index (κ1) is 16.8. The monoisotopic (exact) mass is 346 g/mol. The molecule has 0 aromatic heterocycles. The van der Waals surface area contributed by atoms with E-state index in [-0.39, 0.29) is 23.7 Å². The number of anilines is 1. The molecular formula is C19H26N2O4. The van der Waals surface area contributed by atoms with Crippen LogP contribution in [-0.2, 0) is 9.53 Å². The standard InChI is InChI=1S/C19H26N2O4/c1-24-19-7-6-14(22)12-17(19)20(9-8-19)13-18(23)21-10-11-25-16-5-3-2-4-15(16)21/h2-5,14,17,22H,6-13H2,1H3/t14-,17+,19-/m0/s1. The second kappa shape index (κ2) is 6.59. The van der Waals surface area contributed by atoms with Crippen LogP contribution in [0.25, 0.3) is 0 Å². The highest BCUT2D eigenvalue weighted by molar-refractivity contribution is 5.96. The summed E-state index contributed by atoms with van der Waals surface area (Å²) >= 11 is 0. The Hall–Kier alpha value is -1.63. The van der Waals surface area contributed by atoms with Crippen LogP contribution < -0.4 is 9.64 Å². The fourth-order valence-corrected chi connectivity index (χ4v) is 4.65. The SMILES string of the molecule is CO[C@]12CC[C@H](O)C[C@H]1N(CC(=O)N1CCOc3ccccc31)CC2. The molecule has 1 aliphatic carbocycles. The van der Waals surface area contributed by atoms with Crippen molar-refractivity contribution in [1.29, 1.82) is 0 Å². The second-order valence-corrected chi connectivity index (χ2v) is 7.29. The molecule has 0 bridgehead atoms. The number of hydrogen-bond acceptors (Lipinski definition) is 5. The largest absolute Gasteiger partial charge is 0.490 e. The Morgan fingerprint density at radius 1 is 1.36 bits per heavy atom. The number of hydrogen-bond donors (Lipinski definition) is 1. The van der Waals surface area contributed by atoms with E-state index < -0.39 is 0 Å². The summed E-state index contributed by atoms with van der Waals surface area (Å²) in [5.41, 5.74) is 0.641. The van der Waals surface area contributed by atoms with Crippen LogP contribution >= 0.6 is 0 Å². The predicted molar refractivity (Wildman–Crippen MR) is 93.9 cm³/mol. The number of likely N-dealkylation sites (tertiary alicyclic amines) is 1. The number of benzene rings is 1. The number of carbonyl (C=O) groups excluding carboxylic acids is 1. The maximum atomic E-state index is 13.0. The fourth-order valence-electron chi connectivity index (χ4n) is 4.65. The molecular weight excluding hydrogens is 320 g/mol. The highest BCUT2D eigenvalue weighted by Crippen LogP contribution is 2.42. The van der Waals surface area contributed by atoms with E-state index >= 15 is 0 Å². The summed E-state index contributed by atoms with van der Waals surface area (Å²) in [5.74, 6) is 0.852. The molecule has 6 nitrogen and oxygen atoms in total. The molecule has 136 valence electrons. The molecule has 1 saturated carbocycles. The summed E-state index contributed by atoms with van der Waals surface area (Å²) in [4.78, 5) is 17.0. The lowest BCUT2D eigenvalue weighted by Gasteiger charge is -2.42. The van der Waals surface area contributed by atoms with E-state index in [4.69, 9.17) is 9.47 Å². The molecule has 1 saturated heterocycles. The van der Waals surface area contributed by atoms with Gasteiger partial charge in [-0.3, -0.25) is 9.69 Å². The Labute approximate surface area is 148 Å². The molecule has 3 atom stereocenters. The molecule has 0 radical (unpaired) electrons. The summed E-state index contributed by atoms with van der Waals surface area (Å²) in [7, 11) is 1.76. The van der Waals surface area contributed by atoms with Crippen LogP contribution in [0, 0.1) is 0 Å². The molecule has 2 fully saturated rings. The van der Waals surface area contributed by atoms with Crippen LogP contribution in [-0.4, -0.2) is 67.0 Å². The molecule has 1 aromatic rings. The van der Waals surface area contributed by atoms with Crippen molar-refractivity contribution in [1.82, 2.24) is 4.90 Å². The number of fused-ring (bicyclic) bond motifs is 2. The number of amides is 1. The average molecular weight is 346 g/mol. The van der Waals surface area contributed by atoms with E-state index in [0.29, 0.717) is 26.1 Å². The van der Waals surface area contributed by atoms with Crippen molar-refractivity contribution in [3.63, 3.8) is 0 Å². The molecule has 0 unspecified atom stereocenters. The van der Waals surface area contributed by atoms with E-state index in [9.17, 15) is 9.90 Å². The molecule has 2 heterocycles. The lowest BCUT2D eigenvalue weighted by Crippen LogP contribution is -2.53. The number of nitrogens with zero attached hydrogens (tertiary/aromatic N) is 2. The van der Waals surface area contributed by atoms with Crippen molar-refractivity contribution in [2.45, 2.75) is 43.4 Å². The normalized spacial score (nSPS) is 32.0. The molecule has 25 heavy (non-hydrogen) atoms. The minimum absolute atomic E-state index is 0.0858. The number of aliphatic hydroxyl groups is 1. The first-order valence-electron chi connectivity index (χ1n) is 9.12. The van der Waals surface area contributed by atoms with Crippen molar-refractivity contribution >= 4 is 11.6 Å². The summed E-state index contributed by atoms with van der Waals surface area (Å²) in [6, 6.07) is 7.79. The van der Waals surface area contributed by atoms with Crippen LogP contribution in [0.1, 0.15) is 25.7 Å². The first-order chi connectivity index (χ1) is 12.1. The molecule has 2 aliphatic heterocycles. The Kier molecular flexibility index (Phi) is 4.43. The number of para-hydroxylation sites is 2. The van der Waals surface area contributed by atoms with E-state index in [1.165, 1.54) is 0 Å². The Bertz CT molecular complexity index is 652. The third-order valence-electron chi connectivity index (χ3n) is 6.04. The highest BCUT2D eigenvalue weighted by atomic mass is 16.5. The zero-order valence-electron chi connectivity index (χ0n) is 14.7. The topological polar surface area (TPSA) is 62.2 Å². The second-order valence-electron chi connectivity index (χ2n) is 7.29.